The summed E-state index contributed by atoms with van der Waals surface area (Å²) in [5, 5.41) is 0.846. The molecular weight excluding hydrogens is 310 g/mol. The van der Waals surface area contributed by atoms with Crippen LogP contribution in [0.2, 0.25) is 5.02 Å². The molecule has 0 radical (unpaired) electrons. The van der Waals surface area contributed by atoms with Crippen LogP contribution >= 0.6 is 27.5 Å². The van der Waals surface area contributed by atoms with Crippen molar-refractivity contribution in [3.05, 3.63) is 56.2 Å². The average Bonchev–Trinajstić information content (AvgIpc) is 2.49. The molecule has 0 atom stereocenters. The quantitative estimate of drug-likeness (QED) is 0.687. The van der Waals surface area contributed by atoms with Gasteiger partial charge in [-0.25, -0.2) is 0 Å². The zero-order valence-electron chi connectivity index (χ0n) is 10.3. The molecule has 1 aromatic rings. The molecule has 0 amide bonds. The van der Waals surface area contributed by atoms with Crippen molar-refractivity contribution in [2.75, 3.05) is 13.6 Å². The van der Waals surface area contributed by atoms with Gasteiger partial charge in [-0.1, -0.05) is 33.6 Å². The van der Waals surface area contributed by atoms with Crippen LogP contribution in [-0.2, 0) is 12.8 Å². The standard InChI is InChI=1S/C15H15BrClN/c1-18-9-13(16)6-12-3-2-10-7-14(17)5-4-11(10)8-15(12)18/h4-7H,2-3,8-9H2,1H3. The van der Waals surface area contributed by atoms with Crippen molar-refractivity contribution in [2.24, 2.45) is 0 Å². The second-order valence-corrected chi connectivity index (χ2v) is 6.46. The first-order valence-corrected chi connectivity index (χ1v) is 7.37. The lowest BCUT2D eigenvalue weighted by molar-refractivity contribution is 0.438. The molecule has 1 aliphatic heterocycles. The van der Waals surface area contributed by atoms with E-state index in [9.17, 15) is 0 Å². The van der Waals surface area contributed by atoms with Crippen molar-refractivity contribution >= 4 is 27.5 Å². The fourth-order valence-corrected chi connectivity index (χ4v) is 3.65. The van der Waals surface area contributed by atoms with E-state index < -0.39 is 0 Å². The molecule has 0 fully saturated rings. The highest BCUT2D eigenvalue weighted by Crippen LogP contribution is 2.33. The Morgan fingerprint density at radius 1 is 1.22 bits per heavy atom. The maximum absolute atomic E-state index is 6.09. The van der Waals surface area contributed by atoms with Crippen molar-refractivity contribution < 1.29 is 0 Å². The van der Waals surface area contributed by atoms with E-state index in [1.807, 2.05) is 6.07 Å². The van der Waals surface area contributed by atoms with Gasteiger partial charge in [0.15, 0.2) is 0 Å². The molecule has 1 aliphatic carbocycles. The zero-order chi connectivity index (χ0) is 12.7. The van der Waals surface area contributed by atoms with Gasteiger partial charge in [0.1, 0.15) is 0 Å². The normalized spacial score (nSPS) is 19.1. The van der Waals surface area contributed by atoms with Crippen LogP contribution in [0.1, 0.15) is 17.5 Å². The second kappa shape index (κ2) is 4.75. The third kappa shape index (κ3) is 2.24. The minimum atomic E-state index is 0.846. The summed E-state index contributed by atoms with van der Waals surface area (Å²) in [6, 6.07) is 6.30. The molecule has 18 heavy (non-hydrogen) atoms. The number of likely N-dealkylation sites (N-methyl/N-ethyl adjacent to an activating group) is 1. The fourth-order valence-electron chi connectivity index (χ4n) is 2.80. The van der Waals surface area contributed by atoms with Crippen molar-refractivity contribution in [1.29, 1.82) is 0 Å². The van der Waals surface area contributed by atoms with Gasteiger partial charge in [0.05, 0.1) is 0 Å². The van der Waals surface area contributed by atoms with Crippen LogP contribution in [0.3, 0.4) is 0 Å². The number of hydrogen-bond donors (Lipinski definition) is 0. The van der Waals surface area contributed by atoms with E-state index in [1.165, 1.54) is 26.9 Å². The molecule has 0 bridgehead atoms. The summed E-state index contributed by atoms with van der Waals surface area (Å²) < 4.78 is 1.27. The van der Waals surface area contributed by atoms with E-state index in [1.54, 1.807) is 0 Å². The first-order chi connectivity index (χ1) is 8.63. The van der Waals surface area contributed by atoms with Crippen molar-refractivity contribution in [2.45, 2.75) is 19.3 Å². The van der Waals surface area contributed by atoms with Crippen LogP contribution < -0.4 is 0 Å². The molecule has 0 spiro atoms. The number of fused-ring (bicyclic) bond motifs is 1. The minimum Gasteiger partial charge on any atom is -0.373 e. The lowest BCUT2D eigenvalue weighted by Crippen LogP contribution is -2.24. The van der Waals surface area contributed by atoms with Crippen LogP contribution in [0.25, 0.3) is 0 Å². The molecule has 1 nitrogen and oxygen atoms in total. The number of rotatable bonds is 0. The van der Waals surface area contributed by atoms with Gasteiger partial charge in [0, 0.05) is 35.2 Å². The van der Waals surface area contributed by atoms with E-state index in [0.29, 0.717) is 0 Å². The molecule has 0 unspecified atom stereocenters. The first-order valence-electron chi connectivity index (χ1n) is 6.20. The number of aryl methyl sites for hydroxylation is 1. The van der Waals surface area contributed by atoms with Gasteiger partial charge in [-0.3, -0.25) is 0 Å². The van der Waals surface area contributed by atoms with Crippen LogP contribution in [0.5, 0.6) is 0 Å². The number of halogens is 2. The fraction of sp³-hybridized carbons (Fsp3) is 0.333. The van der Waals surface area contributed by atoms with E-state index in [0.717, 1.165) is 30.8 Å². The Morgan fingerprint density at radius 3 is 2.89 bits per heavy atom. The van der Waals surface area contributed by atoms with Crippen LogP contribution in [0.15, 0.2) is 40.0 Å². The molecule has 1 heterocycles. The van der Waals surface area contributed by atoms with Gasteiger partial charge in [-0.15, -0.1) is 0 Å². The summed E-state index contributed by atoms with van der Waals surface area (Å²) in [4.78, 5) is 2.35. The Labute approximate surface area is 121 Å². The highest BCUT2D eigenvalue weighted by Gasteiger charge is 2.21. The topological polar surface area (TPSA) is 3.24 Å². The lowest BCUT2D eigenvalue weighted by atomic mass is 10.0. The number of hydrogen-bond acceptors (Lipinski definition) is 1. The van der Waals surface area contributed by atoms with Crippen molar-refractivity contribution in [1.82, 2.24) is 4.90 Å². The monoisotopic (exact) mass is 323 g/mol. The predicted molar refractivity (Wildman–Crippen MR) is 80.1 cm³/mol. The molecule has 0 saturated carbocycles. The molecule has 0 N–H and O–H groups in total. The van der Waals surface area contributed by atoms with Gasteiger partial charge < -0.3 is 4.90 Å². The Hall–Kier alpha value is -0.730. The highest BCUT2D eigenvalue weighted by molar-refractivity contribution is 9.11. The molecule has 0 saturated heterocycles. The molecule has 0 aromatic heterocycles. The van der Waals surface area contributed by atoms with Gasteiger partial charge in [-0.05, 0) is 47.8 Å². The summed E-state index contributed by atoms with van der Waals surface area (Å²) in [7, 11) is 2.17. The minimum absolute atomic E-state index is 0.846. The number of benzene rings is 1. The van der Waals surface area contributed by atoms with Crippen LogP contribution in [0.4, 0.5) is 0 Å². The highest BCUT2D eigenvalue weighted by atomic mass is 79.9. The first kappa shape index (κ1) is 12.3. The smallest absolute Gasteiger partial charge is 0.0489 e. The number of allylic oxidation sites excluding steroid dienone is 3. The zero-order valence-corrected chi connectivity index (χ0v) is 12.7. The third-order valence-electron chi connectivity index (χ3n) is 3.74. The molecule has 2 aliphatic rings. The maximum Gasteiger partial charge on any atom is 0.0489 e. The van der Waals surface area contributed by atoms with Gasteiger partial charge in [-0.2, -0.15) is 0 Å². The summed E-state index contributed by atoms with van der Waals surface area (Å²) in [5.41, 5.74) is 5.74. The second-order valence-electron chi connectivity index (χ2n) is 5.01. The van der Waals surface area contributed by atoms with Crippen LogP contribution in [0, 0.1) is 0 Å². The summed E-state index contributed by atoms with van der Waals surface area (Å²) in [6.45, 7) is 0.974. The Kier molecular flexibility index (Phi) is 3.25. The van der Waals surface area contributed by atoms with Gasteiger partial charge >= 0.3 is 0 Å². The third-order valence-corrected chi connectivity index (χ3v) is 4.46. The molecule has 3 heteroatoms. The predicted octanol–water partition coefficient (Wildman–Crippen LogP) is 4.31. The Bertz CT molecular complexity index is 560. The SMILES string of the molecule is CN1CC(Br)=CC2=C1Cc1ccc(Cl)cc1CC2. The van der Waals surface area contributed by atoms with Gasteiger partial charge in [0.25, 0.3) is 0 Å². The number of nitrogens with zero attached hydrogens (tertiary/aromatic N) is 1. The Balaban J connectivity index is 2.02. The van der Waals surface area contributed by atoms with Crippen LogP contribution in [-0.4, -0.2) is 18.5 Å². The Morgan fingerprint density at radius 2 is 2.06 bits per heavy atom. The van der Waals surface area contributed by atoms with E-state index in [-0.39, 0.29) is 0 Å². The van der Waals surface area contributed by atoms with E-state index >= 15 is 0 Å². The summed E-state index contributed by atoms with van der Waals surface area (Å²) in [5.74, 6) is 0. The molecule has 1 aromatic carbocycles. The molecular formula is C15H15BrClN. The van der Waals surface area contributed by atoms with Gasteiger partial charge in [0.2, 0.25) is 0 Å². The largest absolute Gasteiger partial charge is 0.373 e. The average molecular weight is 325 g/mol. The maximum atomic E-state index is 6.09. The van der Waals surface area contributed by atoms with Crippen molar-refractivity contribution in [3.63, 3.8) is 0 Å². The van der Waals surface area contributed by atoms with E-state index in [4.69, 9.17) is 11.6 Å². The summed E-state index contributed by atoms with van der Waals surface area (Å²) in [6.07, 6.45) is 5.50. The van der Waals surface area contributed by atoms with E-state index in [2.05, 4.69) is 46.1 Å². The molecule has 94 valence electrons. The summed E-state index contributed by atoms with van der Waals surface area (Å²) >= 11 is 9.72. The van der Waals surface area contributed by atoms with Crippen molar-refractivity contribution in [3.8, 4) is 0 Å². The lowest BCUT2D eigenvalue weighted by Gasteiger charge is -2.28. The molecule has 3 rings (SSSR count).